The van der Waals surface area contributed by atoms with E-state index in [0.29, 0.717) is 5.92 Å². The van der Waals surface area contributed by atoms with E-state index in [9.17, 15) is 4.79 Å². The van der Waals surface area contributed by atoms with Crippen LogP contribution in [-0.4, -0.2) is 50.2 Å². The highest BCUT2D eigenvalue weighted by Gasteiger charge is 2.16. The lowest BCUT2D eigenvalue weighted by Gasteiger charge is -2.27. The molecule has 0 aliphatic carbocycles. The van der Waals surface area contributed by atoms with Gasteiger partial charge in [-0.05, 0) is 32.9 Å². The topological polar surface area (TPSA) is 52.6 Å². The van der Waals surface area contributed by atoms with E-state index in [1.165, 1.54) is 0 Å². The van der Waals surface area contributed by atoms with E-state index in [1.54, 1.807) is 4.90 Å². The number of carbonyl (C=O) groups excluding carboxylic acids is 1. The predicted octanol–water partition coefficient (Wildman–Crippen LogP) is -0.317. The molecule has 0 spiro atoms. The van der Waals surface area contributed by atoms with E-state index in [0.717, 1.165) is 32.3 Å². The number of aliphatic hydroxyl groups excluding tert-OH is 1. The zero-order chi connectivity index (χ0) is 10.1. The van der Waals surface area contributed by atoms with Gasteiger partial charge in [0.05, 0.1) is 0 Å². The van der Waals surface area contributed by atoms with Gasteiger partial charge in [0.2, 0.25) is 6.41 Å². The summed E-state index contributed by atoms with van der Waals surface area (Å²) in [6.07, 6.45) is 2.79. The van der Waals surface area contributed by atoms with E-state index in [-0.39, 0.29) is 6.61 Å². The first-order valence-electron chi connectivity index (χ1n) is 4.67. The Kier molecular flexibility index (Phi) is 7.63. The molecule has 4 heteroatoms. The minimum absolute atomic E-state index is 0.271. The van der Waals surface area contributed by atoms with E-state index in [4.69, 9.17) is 5.11 Å². The molecule has 0 saturated carbocycles. The highest BCUT2D eigenvalue weighted by molar-refractivity contribution is 5.47. The summed E-state index contributed by atoms with van der Waals surface area (Å²) < 4.78 is 0. The number of carbonyl (C=O) groups is 1. The van der Waals surface area contributed by atoms with Gasteiger partial charge in [-0.1, -0.05) is 0 Å². The van der Waals surface area contributed by atoms with Crippen LogP contribution in [0.3, 0.4) is 0 Å². The number of hydrogen-bond acceptors (Lipinski definition) is 3. The van der Waals surface area contributed by atoms with Crippen LogP contribution in [0.1, 0.15) is 12.8 Å². The molecular weight excluding hydrogens is 168 g/mol. The van der Waals surface area contributed by atoms with Gasteiger partial charge in [0.1, 0.15) is 0 Å². The molecule has 1 saturated heterocycles. The van der Waals surface area contributed by atoms with Crippen LogP contribution in [0, 0.1) is 5.92 Å². The smallest absolute Gasteiger partial charge is 0.209 e. The predicted molar refractivity (Wildman–Crippen MR) is 52.4 cm³/mol. The van der Waals surface area contributed by atoms with Gasteiger partial charge in [-0.3, -0.25) is 4.79 Å². The van der Waals surface area contributed by atoms with E-state index >= 15 is 0 Å². The van der Waals surface area contributed by atoms with Gasteiger partial charge in [-0.15, -0.1) is 0 Å². The number of nitrogens with one attached hydrogen (secondary N) is 1. The summed E-state index contributed by atoms with van der Waals surface area (Å²) in [7, 11) is 3.75. The van der Waals surface area contributed by atoms with Crippen molar-refractivity contribution in [2.45, 2.75) is 12.8 Å². The third-order valence-corrected chi connectivity index (χ3v) is 2.06. The Bertz CT molecular complexity index is 123. The second-order valence-corrected chi connectivity index (χ2v) is 3.27. The number of piperidine rings is 1. The van der Waals surface area contributed by atoms with E-state index in [2.05, 4.69) is 5.32 Å². The SMILES string of the molecule is CNC.O=CN1CCC(CO)CC1. The monoisotopic (exact) mass is 188 g/mol. The lowest BCUT2D eigenvalue weighted by atomic mass is 9.98. The van der Waals surface area contributed by atoms with Gasteiger partial charge in [-0.25, -0.2) is 0 Å². The number of likely N-dealkylation sites (tertiary alicyclic amines) is 1. The minimum atomic E-state index is 0.271. The molecule has 0 aromatic heterocycles. The molecule has 0 aromatic rings. The Morgan fingerprint density at radius 2 is 1.92 bits per heavy atom. The number of aliphatic hydroxyl groups is 1. The summed E-state index contributed by atoms with van der Waals surface area (Å²) in [5, 5.41) is 11.5. The molecule has 13 heavy (non-hydrogen) atoms. The molecular formula is C9H20N2O2. The lowest BCUT2D eigenvalue weighted by Crippen LogP contribution is -2.33. The van der Waals surface area contributed by atoms with Crippen molar-refractivity contribution >= 4 is 6.41 Å². The fourth-order valence-corrected chi connectivity index (χ4v) is 1.24. The molecule has 0 radical (unpaired) electrons. The summed E-state index contributed by atoms with van der Waals surface area (Å²) in [6.45, 7) is 1.90. The Labute approximate surface area is 79.9 Å². The molecule has 1 aliphatic rings. The van der Waals surface area contributed by atoms with Gasteiger partial charge >= 0.3 is 0 Å². The quantitative estimate of drug-likeness (QED) is 0.584. The van der Waals surface area contributed by atoms with Crippen molar-refractivity contribution in [3.05, 3.63) is 0 Å². The molecule has 1 fully saturated rings. The summed E-state index contributed by atoms with van der Waals surface area (Å²) in [4.78, 5) is 12.0. The van der Waals surface area contributed by atoms with Crippen LogP contribution in [0.2, 0.25) is 0 Å². The Morgan fingerprint density at radius 3 is 2.23 bits per heavy atom. The highest BCUT2D eigenvalue weighted by atomic mass is 16.3. The maximum atomic E-state index is 10.2. The molecule has 0 atom stereocenters. The molecule has 1 rings (SSSR count). The van der Waals surface area contributed by atoms with Gasteiger partial charge in [-0.2, -0.15) is 0 Å². The van der Waals surface area contributed by atoms with Gasteiger partial charge in [0.15, 0.2) is 0 Å². The third kappa shape index (κ3) is 5.60. The summed E-state index contributed by atoms with van der Waals surface area (Å²) in [6, 6.07) is 0. The molecule has 4 nitrogen and oxygen atoms in total. The maximum Gasteiger partial charge on any atom is 0.209 e. The molecule has 1 amide bonds. The summed E-state index contributed by atoms with van der Waals surface area (Å²) >= 11 is 0. The normalized spacial score (nSPS) is 17.6. The first-order chi connectivity index (χ1) is 6.28. The summed E-state index contributed by atoms with van der Waals surface area (Å²) in [5.74, 6) is 0.427. The number of amides is 1. The molecule has 1 heterocycles. The van der Waals surface area contributed by atoms with Crippen molar-refractivity contribution in [1.29, 1.82) is 0 Å². The van der Waals surface area contributed by atoms with E-state index in [1.807, 2.05) is 14.1 Å². The average molecular weight is 188 g/mol. The number of nitrogens with zero attached hydrogens (tertiary/aromatic N) is 1. The van der Waals surface area contributed by atoms with Crippen LogP contribution in [0.15, 0.2) is 0 Å². The fraction of sp³-hybridized carbons (Fsp3) is 0.889. The van der Waals surface area contributed by atoms with Crippen molar-refractivity contribution in [2.24, 2.45) is 5.92 Å². The maximum absolute atomic E-state index is 10.2. The van der Waals surface area contributed by atoms with Crippen molar-refractivity contribution in [1.82, 2.24) is 10.2 Å². The van der Waals surface area contributed by atoms with Crippen LogP contribution >= 0.6 is 0 Å². The molecule has 0 bridgehead atoms. The van der Waals surface area contributed by atoms with Gasteiger partial charge in [0, 0.05) is 19.7 Å². The van der Waals surface area contributed by atoms with Gasteiger partial charge in [0.25, 0.3) is 0 Å². The van der Waals surface area contributed by atoms with Crippen molar-refractivity contribution in [3.63, 3.8) is 0 Å². The first-order valence-corrected chi connectivity index (χ1v) is 4.67. The van der Waals surface area contributed by atoms with Crippen LogP contribution in [0.25, 0.3) is 0 Å². The van der Waals surface area contributed by atoms with Gasteiger partial charge < -0.3 is 15.3 Å². The molecule has 0 aromatic carbocycles. The highest BCUT2D eigenvalue weighted by Crippen LogP contribution is 2.14. The molecule has 2 N–H and O–H groups in total. The molecule has 1 aliphatic heterocycles. The van der Waals surface area contributed by atoms with Crippen LogP contribution in [0.5, 0.6) is 0 Å². The first kappa shape index (κ1) is 12.4. The standard InChI is InChI=1S/C7H13NO2.C2H7N/c9-5-7-1-3-8(6-10)4-2-7;1-3-2/h6-7,9H,1-5H2;3H,1-2H3. The minimum Gasteiger partial charge on any atom is -0.396 e. The zero-order valence-corrected chi connectivity index (χ0v) is 8.49. The Hall–Kier alpha value is -0.610. The van der Waals surface area contributed by atoms with E-state index < -0.39 is 0 Å². The van der Waals surface area contributed by atoms with Crippen molar-refractivity contribution in [3.8, 4) is 0 Å². The number of hydrogen-bond donors (Lipinski definition) is 2. The van der Waals surface area contributed by atoms with Crippen molar-refractivity contribution in [2.75, 3.05) is 33.8 Å². The Balaban J connectivity index is 0.000000424. The number of rotatable bonds is 2. The fourth-order valence-electron chi connectivity index (χ4n) is 1.24. The second-order valence-electron chi connectivity index (χ2n) is 3.27. The van der Waals surface area contributed by atoms with Crippen LogP contribution in [-0.2, 0) is 4.79 Å². The zero-order valence-electron chi connectivity index (χ0n) is 8.49. The van der Waals surface area contributed by atoms with Crippen LogP contribution in [0.4, 0.5) is 0 Å². The average Bonchev–Trinajstić information content (AvgIpc) is 2.19. The second kappa shape index (κ2) is 8.01. The summed E-state index contributed by atoms with van der Waals surface area (Å²) in [5.41, 5.74) is 0. The molecule has 0 unspecified atom stereocenters. The van der Waals surface area contributed by atoms with Crippen molar-refractivity contribution < 1.29 is 9.90 Å². The Morgan fingerprint density at radius 1 is 1.46 bits per heavy atom. The lowest BCUT2D eigenvalue weighted by molar-refractivity contribution is -0.119. The molecule has 78 valence electrons. The van der Waals surface area contributed by atoms with Crippen LogP contribution < -0.4 is 5.32 Å². The largest absolute Gasteiger partial charge is 0.396 e. The third-order valence-electron chi connectivity index (χ3n) is 2.06.